The first-order valence-corrected chi connectivity index (χ1v) is 3.77. The molecule has 0 radical (unpaired) electrons. The number of hydrogen-bond acceptors (Lipinski definition) is 4. The van der Waals surface area contributed by atoms with E-state index in [1.165, 1.54) is 0 Å². The minimum atomic E-state index is -0.360. The minimum Gasteiger partial charge on any atom is -0.450 e. The molecular weight excluding hydrogens is 160 g/mol. The van der Waals surface area contributed by atoms with Crippen molar-refractivity contribution in [2.75, 3.05) is 13.8 Å². The van der Waals surface area contributed by atoms with Gasteiger partial charge in [0.05, 0.1) is 0 Å². The summed E-state index contributed by atoms with van der Waals surface area (Å²) in [5.74, 6) is -0.433. The van der Waals surface area contributed by atoms with Crippen LogP contribution in [0.1, 0.15) is 19.3 Å². The number of esters is 1. The van der Waals surface area contributed by atoms with Gasteiger partial charge >= 0.3 is 5.97 Å². The van der Waals surface area contributed by atoms with E-state index in [-0.39, 0.29) is 25.0 Å². The lowest BCUT2D eigenvalue weighted by atomic mass is 10.2. The van der Waals surface area contributed by atoms with E-state index in [2.05, 4.69) is 10.1 Å². The third-order valence-electron chi connectivity index (χ3n) is 1.31. The molecule has 0 aromatic rings. The highest BCUT2D eigenvalue weighted by Gasteiger charge is 2.03. The second-order valence-corrected chi connectivity index (χ2v) is 2.21. The Morgan fingerprint density at radius 2 is 2.08 bits per heavy atom. The quantitative estimate of drug-likeness (QED) is 0.429. The molecule has 70 valence electrons. The fraction of sp³-hybridized carbons (Fsp3) is 0.714. The van der Waals surface area contributed by atoms with Gasteiger partial charge in [-0.15, -0.1) is 0 Å². The zero-order valence-electron chi connectivity index (χ0n) is 7.13. The number of amides is 1. The fourth-order valence-corrected chi connectivity index (χ4v) is 0.683. The molecule has 0 bridgehead atoms. The molecular formula is C7H14N2O3. The number of nitrogens with two attached hydrogens (primary N) is 1. The van der Waals surface area contributed by atoms with Crippen LogP contribution in [0.5, 0.6) is 0 Å². The molecule has 0 heterocycles. The van der Waals surface area contributed by atoms with Crippen molar-refractivity contribution in [2.45, 2.75) is 19.3 Å². The van der Waals surface area contributed by atoms with Crippen LogP contribution in [0.25, 0.3) is 0 Å². The molecule has 0 aliphatic carbocycles. The van der Waals surface area contributed by atoms with E-state index in [1.54, 1.807) is 7.05 Å². The highest BCUT2D eigenvalue weighted by molar-refractivity contribution is 5.76. The Kier molecular flexibility index (Phi) is 6.00. The molecule has 1 amide bonds. The summed E-state index contributed by atoms with van der Waals surface area (Å²) in [5, 5.41) is 2.45. The Labute approximate surface area is 71.3 Å². The average Bonchev–Trinajstić information content (AvgIpc) is 2.04. The van der Waals surface area contributed by atoms with Crippen molar-refractivity contribution in [1.29, 1.82) is 0 Å². The summed E-state index contributed by atoms with van der Waals surface area (Å²) < 4.78 is 4.46. The number of carbonyl (C=O) groups is 2. The van der Waals surface area contributed by atoms with Gasteiger partial charge in [-0.2, -0.15) is 0 Å². The van der Waals surface area contributed by atoms with E-state index in [4.69, 9.17) is 5.73 Å². The van der Waals surface area contributed by atoms with Gasteiger partial charge in [0.25, 0.3) is 0 Å². The number of rotatable bonds is 5. The SMILES string of the molecule is CNC(=O)CCCC(=O)OCN. The molecule has 0 fully saturated rings. The summed E-state index contributed by atoms with van der Waals surface area (Å²) in [7, 11) is 1.56. The van der Waals surface area contributed by atoms with E-state index in [0.717, 1.165) is 0 Å². The minimum absolute atomic E-state index is 0.0736. The Morgan fingerprint density at radius 3 is 2.58 bits per heavy atom. The van der Waals surface area contributed by atoms with Crippen molar-refractivity contribution in [1.82, 2.24) is 5.32 Å². The van der Waals surface area contributed by atoms with Crippen LogP contribution in [-0.4, -0.2) is 25.7 Å². The average molecular weight is 174 g/mol. The van der Waals surface area contributed by atoms with E-state index in [0.29, 0.717) is 12.8 Å². The van der Waals surface area contributed by atoms with Crippen LogP contribution in [0.2, 0.25) is 0 Å². The Hall–Kier alpha value is -1.10. The standard InChI is InChI=1S/C7H14N2O3/c1-9-6(10)3-2-4-7(11)12-5-8/h2-5,8H2,1H3,(H,9,10). The van der Waals surface area contributed by atoms with Gasteiger partial charge in [-0.1, -0.05) is 0 Å². The maximum absolute atomic E-state index is 10.7. The first kappa shape index (κ1) is 10.9. The van der Waals surface area contributed by atoms with Gasteiger partial charge in [-0.25, -0.2) is 0 Å². The maximum Gasteiger partial charge on any atom is 0.307 e. The molecule has 0 aliphatic heterocycles. The molecule has 0 saturated heterocycles. The van der Waals surface area contributed by atoms with Crippen LogP contribution in [0, 0.1) is 0 Å². The maximum atomic E-state index is 10.7. The van der Waals surface area contributed by atoms with E-state index in [1.807, 2.05) is 0 Å². The second-order valence-electron chi connectivity index (χ2n) is 2.21. The number of carbonyl (C=O) groups excluding carboxylic acids is 2. The summed E-state index contributed by atoms with van der Waals surface area (Å²) >= 11 is 0. The highest BCUT2D eigenvalue weighted by Crippen LogP contribution is 1.96. The number of nitrogens with one attached hydrogen (secondary N) is 1. The lowest BCUT2D eigenvalue weighted by Crippen LogP contribution is -2.18. The monoisotopic (exact) mass is 174 g/mol. The molecule has 0 aromatic heterocycles. The number of ether oxygens (including phenoxy) is 1. The van der Waals surface area contributed by atoms with Gasteiger partial charge in [0.15, 0.2) is 0 Å². The van der Waals surface area contributed by atoms with Crippen molar-refractivity contribution in [3.05, 3.63) is 0 Å². The first-order chi connectivity index (χ1) is 5.70. The molecule has 0 aromatic carbocycles. The molecule has 0 aliphatic rings. The van der Waals surface area contributed by atoms with Crippen LogP contribution in [0.4, 0.5) is 0 Å². The van der Waals surface area contributed by atoms with Gasteiger partial charge in [0.2, 0.25) is 5.91 Å². The third-order valence-corrected chi connectivity index (χ3v) is 1.31. The smallest absolute Gasteiger partial charge is 0.307 e. The van der Waals surface area contributed by atoms with E-state index in [9.17, 15) is 9.59 Å². The van der Waals surface area contributed by atoms with Crippen molar-refractivity contribution in [2.24, 2.45) is 5.73 Å². The predicted molar refractivity (Wildman–Crippen MR) is 43.1 cm³/mol. The zero-order valence-corrected chi connectivity index (χ0v) is 7.13. The van der Waals surface area contributed by atoms with E-state index >= 15 is 0 Å². The van der Waals surface area contributed by atoms with Crippen LogP contribution in [0.3, 0.4) is 0 Å². The molecule has 12 heavy (non-hydrogen) atoms. The highest BCUT2D eigenvalue weighted by atomic mass is 16.5. The predicted octanol–water partition coefficient (Wildman–Crippen LogP) is -0.638. The van der Waals surface area contributed by atoms with Gasteiger partial charge < -0.3 is 10.1 Å². The van der Waals surface area contributed by atoms with Crippen LogP contribution >= 0.6 is 0 Å². The first-order valence-electron chi connectivity index (χ1n) is 3.77. The normalized spacial score (nSPS) is 9.17. The molecule has 0 spiro atoms. The van der Waals surface area contributed by atoms with Crippen LogP contribution < -0.4 is 11.1 Å². The van der Waals surface area contributed by atoms with Crippen LogP contribution in [0.15, 0.2) is 0 Å². The van der Waals surface area contributed by atoms with Crippen molar-refractivity contribution < 1.29 is 14.3 Å². The fourth-order valence-electron chi connectivity index (χ4n) is 0.683. The van der Waals surface area contributed by atoms with Crippen molar-refractivity contribution >= 4 is 11.9 Å². The Bertz CT molecular complexity index is 159. The largest absolute Gasteiger partial charge is 0.450 e. The van der Waals surface area contributed by atoms with Crippen molar-refractivity contribution in [3.8, 4) is 0 Å². The Morgan fingerprint density at radius 1 is 1.42 bits per heavy atom. The molecule has 5 heteroatoms. The lowest BCUT2D eigenvalue weighted by Gasteiger charge is -2.00. The summed E-state index contributed by atoms with van der Waals surface area (Å²) in [6.07, 6.45) is 1.08. The summed E-state index contributed by atoms with van der Waals surface area (Å²) in [4.78, 5) is 21.3. The summed E-state index contributed by atoms with van der Waals surface area (Å²) in [5.41, 5.74) is 4.96. The molecule has 0 atom stereocenters. The topological polar surface area (TPSA) is 81.4 Å². The van der Waals surface area contributed by atoms with Gasteiger partial charge in [-0.3, -0.25) is 15.3 Å². The lowest BCUT2D eigenvalue weighted by molar-refractivity contribution is -0.143. The zero-order chi connectivity index (χ0) is 9.40. The summed E-state index contributed by atoms with van der Waals surface area (Å²) in [6, 6.07) is 0. The molecule has 5 nitrogen and oxygen atoms in total. The second kappa shape index (κ2) is 6.60. The van der Waals surface area contributed by atoms with Crippen molar-refractivity contribution in [3.63, 3.8) is 0 Å². The van der Waals surface area contributed by atoms with Crippen LogP contribution in [-0.2, 0) is 14.3 Å². The van der Waals surface area contributed by atoms with E-state index < -0.39 is 0 Å². The molecule has 0 rings (SSSR count). The van der Waals surface area contributed by atoms with Gasteiger partial charge in [0, 0.05) is 19.9 Å². The molecule has 3 N–H and O–H groups in total. The Balaban J connectivity index is 3.30. The molecule has 0 saturated carbocycles. The van der Waals surface area contributed by atoms with Gasteiger partial charge in [0.1, 0.15) is 6.73 Å². The number of hydrogen-bond donors (Lipinski definition) is 2. The molecule has 0 unspecified atom stereocenters. The third kappa shape index (κ3) is 5.67. The van der Waals surface area contributed by atoms with Gasteiger partial charge in [-0.05, 0) is 6.42 Å². The summed E-state index contributed by atoms with van der Waals surface area (Å²) in [6.45, 7) is -0.0984.